The molecule has 0 aliphatic rings. The number of aromatic nitrogens is 3. The van der Waals surface area contributed by atoms with Crippen molar-refractivity contribution in [2.45, 2.75) is 121 Å². The van der Waals surface area contributed by atoms with Gasteiger partial charge in [0.05, 0.1) is 17.3 Å². The molecule has 0 fully saturated rings. The molecule has 3 N–H and O–H groups in total. The fourth-order valence-corrected chi connectivity index (χ4v) is 13.5. The molecular weight excluding hydrogens is 2060 g/mol. The van der Waals surface area contributed by atoms with Crippen LogP contribution < -0.4 is 0 Å². The number of aryl methyl sites for hydroxylation is 2. The zero-order chi connectivity index (χ0) is 85.7. The SMILES string of the molecule is CC(=O)C=C(C)O.CC(=O)C=C(C)O.CC(=O)C=C(C)O.CC(C)(C)c1ccc(-c2cc3ccc(-c4[c-]ccc(-c5ccccc5)c4)nc3o2)cc1.CC(C)c1cc(-c2cc3ccc(-c4[c-]ccc(-c5ccccc5)c4)nc3o2)cc(C(C)C)c1.Cc1cccc(C)c1-c1ccc(-c2cc3ccc(-c4[c-]ccc(-c5ccccc5)c4)nc3o2)cc1.[Ir].[Ir].[Ir]. The molecule has 0 aliphatic heterocycles. The minimum absolute atomic E-state index is 0. The first kappa shape index (κ1) is 96.3. The number of fused-ring (bicyclic) bond motifs is 3. The summed E-state index contributed by atoms with van der Waals surface area (Å²) in [6.07, 6.45) is 3.50. The summed E-state index contributed by atoms with van der Waals surface area (Å²) in [6.45, 7) is 28.5. The average Bonchev–Trinajstić information content (AvgIpc) is 1.74. The number of aliphatic hydroxyl groups is 3. The predicted octanol–water partition coefficient (Wildman–Crippen LogP) is 28.8. The summed E-state index contributed by atoms with van der Waals surface area (Å²) in [5.74, 6) is 3.25. The number of hydrogen-bond acceptors (Lipinski definition) is 12. The van der Waals surface area contributed by atoms with Crippen LogP contribution in [0.1, 0.15) is 130 Å². The summed E-state index contributed by atoms with van der Waals surface area (Å²) >= 11 is 0. The van der Waals surface area contributed by atoms with E-state index in [1.54, 1.807) is 0 Å². The van der Waals surface area contributed by atoms with Crippen molar-refractivity contribution in [2.24, 2.45) is 0 Å². The quantitative estimate of drug-likeness (QED) is 0.0501. The van der Waals surface area contributed by atoms with Gasteiger partial charge in [0.2, 0.25) is 17.1 Å². The number of ketones is 3. The number of nitrogens with zero attached hydrogens (tertiary/aromatic N) is 3. The molecule has 10 aromatic carbocycles. The molecule has 123 heavy (non-hydrogen) atoms. The van der Waals surface area contributed by atoms with Crippen molar-refractivity contribution in [3.8, 4) is 112 Å². The Hall–Kier alpha value is -12.2. The summed E-state index contributed by atoms with van der Waals surface area (Å²) < 4.78 is 18.6. The topological polar surface area (TPSA) is 190 Å². The van der Waals surface area contributed by atoms with E-state index in [0.29, 0.717) is 29.0 Å². The van der Waals surface area contributed by atoms with Crippen LogP contribution in [0, 0.1) is 32.0 Å². The minimum Gasteiger partial charge on any atom is -0.512 e. The Morgan fingerprint density at radius 1 is 0.333 bits per heavy atom. The molecule has 0 bridgehead atoms. The van der Waals surface area contributed by atoms with Crippen LogP contribution in [-0.4, -0.2) is 47.6 Å². The van der Waals surface area contributed by atoms with Gasteiger partial charge in [0.1, 0.15) is 17.3 Å². The number of hydrogen-bond donors (Lipinski definition) is 3. The largest absolute Gasteiger partial charge is 0.512 e. The van der Waals surface area contributed by atoms with E-state index >= 15 is 0 Å². The van der Waals surface area contributed by atoms with Crippen molar-refractivity contribution < 1.29 is 103 Å². The zero-order valence-electron chi connectivity index (χ0n) is 71.7. The Morgan fingerprint density at radius 2 is 0.634 bits per heavy atom. The number of rotatable bonds is 15. The van der Waals surface area contributed by atoms with Gasteiger partial charge in [-0.3, -0.25) is 29.3 Å². The molecule has 0 atom stereocenters. The molecule has 0 unspecified atom stereocenters. The summed E-state index contributed by atoms with van der Waals surface area (Å²) in [5.41, 5.74) is 26.7. The monoisotopic (exact) mass is 2160 g/mol. The molecular formula is C108H100Ir3N3O9-3. The molecule has 6 aromatic heterocycles. The van der Waals surface area contributed by atoms with Gasteiger partial charge in [-0.2, -0.15) is 0 Å². The Balaban J connectivity index is 0.000000202. The second-order valence-electron chi connectivity index (χ2n) is 31.2. The van der Waals surface area contributed by atoms with Crippen molar-refractivity contribution in [1.82, 2.24) is 15.0 Å². The normalized spacial score (nSPS) is 11.2. The molecule has 0 amide bonds. The van der Waals surface area contributed by atoms with Gasteiger partial charge in [-0.05, 0) is 176 Å². The van der Waals surface area contributed by atoms with Gasteiger partial charge in [0.15, 0.2) is 17.3 Å². The predicted molar refractivity (Wildman–Crippen MR) is 490 cm³/mol. The third-order valence-electron chi connectivity index (χ3n) is 19.5. The van der Waals surface area contributed by atoms with E-state index in [4.69, 9.17) is 43.5 Å². The summed E-state index contributed by atoms with van der Waals surface area (Å²) in [5, 5.41) is 28.1. The van der Waals surface area contributed by atoms with Gasteiger partial charge in [-0.25, -0.2) is 0 Å². The molecule has 631 valence electrons. The smallest absolute Gasteiger partial charge is 0.217 e. The third-order valence-corrected chi connectivity index (χ3v) is 19.5. The minimum atomic E-state index is -0.125. The first-order chi connectivity index (χ1) is 57.5. The van der Waals surface area contributed by atoms with Crippen LogP contribution in [-0.2, 0) is 80.1 Å². The zero-order valence-corrected chi connectivity index (χ0v) is 78.8. The van der Waals surface area contributed by atoms with Gasteiger partial charge in [0.25, 0.3) is 0 Å². The summed E-state index contributed by atoms with van der Waals surface area (Å²) in [4.78, 5) is 44.5. The van der Waals surface area contributed by atoms with Crippen molar-refractivity contribution in [1.29, 1.82) is 0 Å². The maximum atomic E-state index is 10.0. The van der Waals surface area contributed by atoms with Crippen molar-refractivity contribution >= 4 is 50.6 Å². The van der Waals surface area contributed by atoms with Crippen LogP contribution in [0.25, 0.3) is 146 Å². The van der Waals surface area contributed by atoms with E-state index in [1.165, 1.54) is 115 Å². The molecule has 0 saturated heterocycles. The molecule has 6 heterocycles. The summed E-state index contributed by atoms with van der Waals surface area (Å²) in [6, 6.07) is 108. The molecule has 12 nitrogen and oxygen atoms in total. The van der Waals surface area contributed by atoms with Crippen molar-refractivity contribution in [3.05, 3.63) is 367 Å². The Morgan fingerprint density at radius 3 is 0.919 bits per heavy atom. The summed E-state index contributed by atoms with van der Waals surface area (Å²) in [7, 11) is 0. The van der Waals surface area contributed by atoms with E-state index in [-0.39, 0.29) is 100 Å². The van der Waals surface area contributed by atoms with Crippen LogP contribution in [0.3, 0.4) is 0 Å². The van der Waals surface area contributed by atoms with E-state index in [2.05, 4.69) is 311 Å². The molecule has 0 aliphatic carbocycles. The number of aliphatic hydroxyl groups excluding tert-OH is 3. The van der Waals surface area contributed by atoms with Crippen LogP contribution in [0.4, 0.5) is 0 Å². The number of pyridine rings is 3. The van der Waals surface area contributed by atoms with Crippen LogP contribution in [0.5, 0.6) is 0 Å². The van der Waals surface area contributed by atoms with Gasteiger partial charge < -0.3 is 28.6 Å². The number of carbonyl (C=O) groups is 3. The molecule has 0 spiro atoms. The molecule has 15 heteroatoms. The second kappa shape index (κ2) is 45.1. The fraction of sp³-hybridized carbons (Fsp3) is 0.167. The van der Waals surface area contributed by atoms with E-state index < -0.39 is 0 Å². The Labute approximate surface area is 762 Å². The second-order valence-corrected chi connectivity index (χ2v) is 31.2. The van der Waals surface area contributed by atoms with Gasteiger partial charge in [-0.1, -0.05) is 249 Å². The standard InChI is InChI=1S/C33H24NO.C31H28NO.C29H24NO.3C5H8O2.3Ir/c1-22-8-6-9-23(2)32(22)26-16-14-25(15-17-26)31-21-29-18-19-30(34-33(29)35-31)28-13-7-12-27(20-28)24-10-4-3-5-11-24;1-20(2)26-16-27(21(3)4)18-28(17-26)30-19-25-13-14-29(32-31(25)33-30)24-12-8-11-23(15-24)22-9-6-5-7-10-22;1-29(2,3)25-15-12-21(13-16-25)27-19-24-14-17-26(30-28(24)31-27)23-11-7-10-22(18-23)20-8-5-4-6-9-20;3*1-4(6)3-5(2)7;;;/h3-12,14-21H,1-2H3;5-11,13-21H,1-4H3;4-10,12-19H,1-3H3;3*3,6H,1-2H3;;;/q3*-1;;;;;;. The Kier molecular flexibility index (Phi) is 35.3. The number of furan rings is 3. The van der Waals surface area contributed by atoms with E-state index in [0.717, 1.165) is 101 Å². The van der Waals surface area contributed by atoms with Crippen LogP contribution in [0.15, 0.2) is 334 Å². The Bertz CT molecular complexity index is 6210. The van der Waals surface area contributed by atoms with Crippen molar-refractivity contribution in [3.63, 3.8) is 0 Å². The fourth-order valence-electron chi connectivity index (χ4n) is 13.5. The molecule has 3 radical (unpaired) electrons. The third kappa shape index (κ3) is 27.2. The van der Waals surface area contributed by atoms with Crippen molar-refractivity contribution in [2.75, 3.05) is 0 Å². The number of allylic oxidation sites excluding steroid dienone is 6. The van der Waals surface area contributed by atoms with Gasteiger partial charge >= 0.3 is 0 Å². The van der Waals surface area contributed by atoms with E-state index in [1.807, 2.05) is 54.6 Å². The van der Waals surface area contributed by atoms with Gasteiger partial charge in [0, 0.05) is 111 Å². The molecule has 16 aromatic rings. The first-order valence-electron chi connectivity index (χ1n) is 40.0. The maximum Gasteiger partial charge on any atom is 0.217 e. The number of benzene rings is 10. The molecule has 16 rings (SSSR count). The average molecular weight is 2160 g/mol. The maximum absolute atomic E-state index is 10.0. The molecule has 0 saturated carbocycles. The van der Waals surface area contributed by atoms with Crippen LogP contribution >= 0.6 is 0 Å². The first-order valence-corrected chi connectivity index (χ1v) is 40.0. The van der Waals surface area contributed by atoms with Gasteiger partial charge in [-0.15, -0.1) is 106 Å². The van der Waals surface area contributed by atoms with Crippen LogP contribution in [0.2, 0.25) is 0 Å². The van der Waals surface area contributed by atoms with E-state index in [9.17, 15) is 14.4 Å². The number of carbonyl (C=O) groups excluding carboxylic acids is 3.